The Bertz CT molecular complexity index is 910. The summed E-state index contributed by atoms with van der Waals surface area (Å²) < 4.78 is 5.77. The van der Waals surface area contributed by atoms with Crippen LogP contribution in [0.1, 0.15) is 50.8 Å². The molecule has 4 rings (SSSR count). The maximum Gasteiger partial charge on any atom is 0.307 e. The van der Waals surface area contributed by atoms with Crippen molar-refractivity contribution in [3.8, 4) is 17.0 Å². The van der Waals surface area contributed by atoms with Crippen molar-refractivity contribution in [2.75, 3.05) is 24.6 Å². The van der Waals surface area contributed by atoms with E-state index >= 15 is 0 Å². The van der Waals surface area contributed by atoms with Gasteiger partial charge in [0.2, 0.25) is 5.88 Å². The second kappa shape index (κ2) is 8.25. The number of carboxylic acids is 1. The van der Waals surface area contributed by atoms with Gasteiger partial charge in [-0.05, 0) is 50.0 Å². The minimum atomic E-state index is -0.836. The normalized spacial score (nSPS) is 18.3. The highest BCUT2D eigenvalue weighted by Crippen LogP contribution is 2.40. The Morgan fingerprint density at radius 1 is 1.20 bits per heavy atom. The number of nitrogens with zero attached hydrogens (tertiary/aromatic N) is 3. The lowest BCUT2D eigenvalue weighted by molar-refractivity contribution is -0.136. The van der Waals surface area contributed by atoms with Gasteiger partial charge in [-0.1, -0.05) is 13.8 Å². The van der Waals surface area contributed by atoms with Crippen molar-refractivity contribution in [2.24, 2.45) is 11.3 Å². The van der Waals surface area contributed by atoms with E-state index in [4.69, 9.17) is 4.74 Å². The summed E-state index contributed by atoms with van der Waals surface area (Å²) in [6.07, 6.45) is 8.29. The van der Waals surface area contributed by atoms with Crippen LogP contribution in [-0.4, -0.2) is 40.7 Å². The number of aryl methyl sites for hydroxylation is 1. The largest absolute Gasteiger partial charge is 0.481 e. The molecule has 1 aliphatic carbocycles. The number of piperidine rings is 1. The second-order valence-corrected chi connectivity index (χ2v) is 9.45. The van der Waals surface area contributed by atoms with Gasteiger partial charge in [-0.2, -0.15) is 0 Å². The number of carboxylic acid groups (broad SMARTS) is 1. The monoisotopic (exact) mass is 409 g/mol. The van der Waals surface area contributed by atoms with Crippen molar-refractivity contribution in [3.05, 3.63) is 35.8 Å². The minimum absolute atomic E-state index is 0.0298. The molecular weight excluding hydrogens is 378 g/mol. The Morgan fingerprint density at radius 2 is 1.93 bits per heavy atom. The minimum Gasteiger partial charge on any atom is -0.481 e. The lowest BCUT2D eigenvalue weighted by atomic mass is 9.82. The third-order valence-corrected chi connectivity index (χ3v) is 6.34. The number of aliphatic carboxylic acids is 1. The molecule has 2 aromatic rings. The van der Waals surface area contributed by atoms with Crippen molar-refractivity contribution in [1.82, 2.24) is 9.97 Å². The van der Waals surface area contributed by atoms with Crippen LogP contribution in [0.5, 0.6) is 5.88 Å². The summed E-state index contributed by atoms with van der Waals surface area (Å²) >= 11 is 0. The van der Waals surface area contributed by atoms with Gasteiger partial charge in [0, 0.05) is 53.9 Å². The van der Waals surface area contributed by atoms with E-state index in [1.54, 1.807) is 0 Å². The zero-order valence-electron chi connectivity index (χ0n) is 18.1. The maximum absolute atomic E-state index is 11.6. The van der Waals surface area contributed by atoms with E-state index < -0.39 is 5.97 Å². The molecule has 0 amide bonds. The number of rotatable bonds is 7. The Labute approximate surface area is 178 Å². The Balaban J connectivity index is 1.68. The molecule has 6 nitrogen and oxygen atoms in total. The molecule has 30 heavy (non-hydrogen) atoms. The average Bonchev–Trinajstić information content (AvgIpc) is 3.53. The van der Waals surface area contributed by atoms with E-state index in [0.29, 0.717) is 17.2 Å². The smallest absolute Gasteiger partial charge is 0.307 e. The SMILES string of the molecule is Cc1ncc(-c2ccc(OCC3CC3)nc2)c(N2CCC(C)(C)CC2)c1CC(=O)O. The third kappa shape index (κ3) is 4.74. The highest BCUT2D eigenvalue weighted by molar-refractivity contribution is 5.84. The molecule has 0 radical (unpaired) electrons. The third-order valence-electron chi connectivity index (χ3n) is 6.34. The van der Waals surface area contributed by atoms with Gasteiger partial charge in [0.25, 0.3) is 0 Å². The molecule has 1 saturated carbocycles. The van der Waals surface area contributed by atoms with E-state index in [0.717, 1.165) is 60.6 Å². The van der Waals surface area contributed by atoms with E-state index in [9.17, 15) is 9.90 Å². The Kier molecular flexibility index (Phi) is 5.67. The standard InChI is InChI=1S/C24H31N3O3/c1-16-19(12-22(28)29)23(27-10-8-24(2,3)9-11-27)20(14-25-16)18-6-7-21(26-13-18)30-15-17-4-5-17/h6-7,13-14,17H,4-5,8-12,15H2,1-3H3,(H,28,29). The molecular formula is C24H31N3O3. The summed E-state index contributed by atoms with van der Waals surface area (Å²) in [5.41, 5.74) is 4.76. The number of hydrogen-bond acceptors (Lipinski definition) is 5. The van der Waals surface area contributed by atoms with Crippen molar-refractivity contribution in [2.45, 2.75) is 52.9 Å². The summed E-state index contributed by atoms with van der Waals surface area (Å²) in [4.78, 5) is 23.0. The van der Waals surface area contributed by atoms with Crippen LogP contribution in [0, 0.1) is 18.3 Å². The van der Waals surface area contributed by atoms with Gasteiger partial charge in [-0.3, -0.25) is 9.78 Å². The van der Waals surface area contributed by atoms with Gasteiger partial charge in [-0.15, -0.1) is 0 Å². The van der Waals surface area contributed by atoms with E-state index in [1.807, 2.05) is 31.5 Å². The first-order chi connectivity index (χ1) is 14.3. The molecule has 0 atom stereocenters. The highest BCUT2D eigenvalue weighted by Gasteiger charge is 2.29. The Hall–Kier alpha value is -2.63. The lowest BCUT2D eigenvalue weighted by Crippen LogP contribution is -2.38. The number of pyridine rings is 2. The summed E-state index contributed by atoms with van der Waals surface area (Å²) in [6, 6.07) is 3.90. The quantitative estimate of drug-likeness (QED) is 0.726. The van der Waals surface area contributed by atoms with Gasteiger partial charge < -0.3 is 14.7 Å². The number of carbonyl (C=O) groups is 1. The molecule has 0 bridgehead atoms. The molecule has 1 saturated heterocycles. The summed E-state index contributed by atoms with van der Waals surface area (Å²) in [7, 11) is 0. The van der Waals surface area contributed by atoms with Crippen molar-refractivity contribution < 1.29 is 14.6 Å². The predicted octanol–water partition coefficient (Wildman–Crippen LogP) is 4.49. The first kappa shape index (κ1) is 20.6. The molecule has 0 spiro atoms. The predicted molar refractivity (Wildman–Crippen MR) is 117 cm³/mol. The van der Waals surface area contributed by atoms with Crippen LogP contribution in [0.2, 0.25) is 0 Å². The Morgan fingerprint density at radius 3 is 2.53 bits per heavy atom. The molecule has 1 N–H and O–H groups in total. The molecule has 1 aliphatic heterocycles. The van der Waals surface area contributed by atoms with Gasteiger partial charge in [-0.25, -0.2) is 4.98 Å². The fourth-order valence-corrected chi connectivity index (χ4v) is 4.02. The van der Waals surface area contributed by atoms with Gasteiger partial charge in [0.15, 0.2) is 0 Å². The number of anilines is 1. The first-order valence-corrected chi connectivity index (χ1v) is 10.9. The van der Waals surface area contributed by atoms with Crippen LogP contribution < -0.4 is 9.64 Å². The van der Waals surface area contributed by atoms with Crippen molar-refractivity contribution >= 4 is 11.7 Å². The van der Waals surface area contributed by atoms with Crippen LogP contribution in [0.15, 0.2) is 24.5 Å². The first-order valence-electron chi connectivity index (χ1n) is 10.9. The van der Waals surface area contributed by atoms with Crippen LogP contribution >= 0.6 is 0 Å². The van der Waals surface area contributed by atoms with Gasteiger partial charge >= 0.3 is 5.97 Å². The fraction of sp³-hybridized carbons (Fsp3) is 0.542. The molecule has 160 valence electrons. The van der Waals surface area contributed by atoms with E-state index in [2.05, 4.69) is 28.7 Å². The topological polar surface area (TPSA) is 75.6 Å². The summed E-state index contributed by atoms with van der Waals surface area (Å²) in [5, 5.41) is 9.53. The molecule has 0 aromatic carbocycles. The molecule has 6 heteroatoms. The van der Waals surface area contributed by atoms with Crippen molar-refractivity contribution in [1.29, 1.82) is 0 Å². The molecule has 2 aliphatic rings. The zero-order chi connectivity index (χ0) is 21.3. The average molecular weight is 410 g/mol. The van der Waals surface area contributed by atoms with E-state index in [-0.39, 0.29) is 6.42 Å². The molecule has 3 heterocycles. The number of ether oxygens (including phenoxy) is 1. The van der Waals surface area contributed by atoms with Crippen LogP contribution in [-0.2, 0) is 11.2 Å². The van der Waals surface area contributed by atoms with E-state index in [1.165, 1.54) is 12.8 Å². The fourth-order valence-electron chi connectivity index (χ4n) is 4.02. The van der Waals surface area contributed by atoms with Gasteiger partial charge in [0.1, 0.15) is 0 Å². The van der Waals surface area contributed by atoms with Crippen LogP contribution in [0.3, 0.4) is 0 Å². The lowest BCUT2D eigenvalue weighted by Gasteiger charge is -2.40. The van der Waals surface area contributed by atoms with Crippen LogP contribution in [0.25, 0.3) is 11.1 Å². The van der Waals surface area contributed by atoms with Gasteiger partial charge in [0.05, 0.1) is 18.7 Å². The highest BCUT2D eigenvalue weighted by atomic mass is 16.5. The van der Waals surface area contributed by atoms with Crippen molar-refractivity contribution in [3.63, 3.8) is 0 Å². The number of aromatic nitrogens is 2. The van der Waals surface area contributed by atoms with Crippen LogP contribution in [0.4, 0.5) is 5.69 Å². The second-order valence-electron chi connectivity index (χ2n) is 9.45. The summed E-state index contributed by atoms with van der Waals surface area (Å²) in [6.45, 7) is 9.04. The molecule has 2 aromatic heterocycles. The number of hydrogen-bond donors (Lipinski definition) is 1. The molecule has 2 fully saturated rings. The zero-order valence-corrected chi connectivity index (χ0v) is 18.1. The maximum atomic E-state index is 11.6. The summed E-state index contributed by atoms with van der Waals surface area (Å²) in [5.74, 6) is 0.483. The molecule has 0 unspecified atom stereocenters.